The van der Waals surface area contributed by atoms with E-state index in [2.05, 4.69) is 29.6 Å². The standard InChI is InChI=1S/C19H16N2O2S/c1-23-18(22)16(12-20)17-21-13-19(24-17,14-8-4-2-5-9-14)15-10-6-3-7-11-15/h2-11,21H,13H2,1H3/b17-16+. The highest BCUT2D eigenvalue weighted by molar-refractivity contribution is 8.04. The molecule has 24 heavy (non-hydrogen) atoms. The first-order chi connectivity index (χ1) is 11.7. The van der Waals surface area contributed by atoms with Crippen LogP contribution in [0.15, 0.2) is 71.3 Å². The number of hydrogen-bond acceptors (Lipinski definition) is 5. The smallest absolute Gasteiger partial charge is 0.351 e. The minimum atomic E-state index is -0.621. The maximum atomic E-state index is 11.9. The van der Waals surface area contributed by atoms with Crippen LogP contribution in [0.3, 0.4) is 0 Å². The van der Waals surface area contributed by atoms with Crippen molar-refractivity contribution >= 4 is 17.7 Å². The Morgan fingerprint density at radius 3 is 2.12 bits per heavy atom. The van der Waals surface area contributed by atoms with Gasteiger partial charge in [0.25, 0.3) is 0 Å². The molecule has 120 valence electrons. The van der Waals surface area contributed by atoms with Crippen LogP contribution in [-0.4, -0.2) is 19.6 Å². The largest absolute Gasteiger partial charge is 0.465 e. The number of carbonyl (C=O) groups excluding carboxylic acids is 1. The summed E-state index contributed by atoms with van der Waals surface area (Å²) in [5.74, 6) is -0.621. The minimum Gasteiger partial charge on any atom is -0.465 e. The Balaban J connectivity index is 2.12. The van der Waals surface area contributed by atoms with Gasteiger partial charge in [0.2, 0.25) is 0 Å². The quantitative estimate of drug-likeness (QED) is 0.530. The van der Waals surface area contributed by atoms with E-state index in [1.165, 1.54) is 18.9 Å². The Labute approximate surface area is 145 Å². The van der Waals surface area contributed by atoms with Gasteiger partial charge >= 0.3 is 5.97 Å². The number of carbonyl (C=O) groups is 1. The molecule has 1 saturated heterocycles. The van der Waals surface area contributed by atoms with E-state index >= 15 is 0 Å². The Morgan fingerprint density at radius 1 is 1.12 bits per heavy atom. The SMILES string of the molecule is COC(=O)/C(C#N)=C1\NCC(c2ccccc2)(c2ccccc2)S1. The highest BCUT2D eigenvalue weighted by Gasteiger charge is 2.42. The fourth-order valence-electron chi connectivity index (χ4n) is 2.79. The molecule has 0 atom stereocenters. The van der Waals surface area contributed by atoms with Gasteiger partial charge in [-0.3, -0.25) is 0 Å². The second kappa shape index (κ2) is 6.81. The topological polar surface area (TPSA) is 62.1 Å². The number of nitrogens with zero attached hydrogens (tertiary/aromatic N) is 1. The fourth-order valence-corrected chi connectivity index (χ4v) is 4.16. The summed E-state index contributed by atoms with van der Waals surface area (Å²) in [4.78, 5) is 11.9. The van der Waals surface area contributed by atoms with Gasteiger partial charge in [-0.25, -0.2) is 4.79 Å². The van der Waals surface area contributed by atoms with Crippen molar-refractivity contribution in [3.8, 4) is 6.07 Å². The maximum absolute atomic E-state index is 11.9. The van der Waals surface area contributed by atoms with Crippen LogP contribution in [0, 0.1) is 11.3 Å². The summed E-state index contributed by atoms with van der Waals surface area (Å²) in [6, 6.07) is 22.1. The first kappa shape index (κ1) is 16.2. The molecule has 1 aliphatic heterocycles. The highest BCUT2D eigenvalue weighted by atomic mass is 32.2. The molecule has 0 spiro atoms. The van der Waals surface area contributed by atoms with Crippen LogP contribution in [0.5, 0.6) is 0 Å². The van der Waals surface area contributed by atoms with Crippen molar-refractivity contribution in [1.29, 1.82) is 5.26 Å². The number of ether oxygens (including phenoxy) is 1. The zero-order valence-electron chi connectivity index (χ0n) is 13.2. The number of nitriles is 1. The van der Waals surface area contributed by atoms with Crippen molar-refractivity contribution in [3.05, 3.63) is 82.4 Å². The molecular formula is C19H16N2O2S. The van der Waals surface area contributed by atoms with Crippen LogP contribution in [0.1, 0.15) is 11.1 Å². The van der Waals surface area contributed by atoms with E-state index in [0.717, 1.165) is 11.1 Å². The van der Waals surface area contributed by atoms with Gasteiger partial charge in [0.05, 0.1) is 16.9 Å². The molecule has 0 unspecified atom stereocenters. The Hall–Kier alpha value is -2.71. The van der Waals surface area contributed by atoms with Crippen molar-refractivity contribution < 1.29 is 9.53 Å². The Kier molecular flexibility index (Phi) is 4.59. The van der Waals surface area contributed by atoms with E-state index in [9.17, 15) is 10.1 Å². The summed E-state index contributed by atoms with van der Waals surface area (Å²) in [7, 11) is 1.28. The van der Waals surface area contributed by atoms with Gasteiger partial charge in [-0.1, -0.05) is 72.4 Å². The number of benzene rings is 2. The molecule has 3 rings (SSSR count). The van der Waals surface area contributed by atoms with E-state index in [1.807, 2.05) is 42.5 Å². The van der Waals surface area contributed by atoms with Crippen LogP contribution in [-0.2, 0) is 14.3 Å². The average Bonchev–Trinajstić information content (AvgIpc) is 3.10. The van der Waals surface area contributed by atoms with Gasteiger partial charge in [0.1, 0.15) is 6.07 Å². The van der Waals surface area contributed by atoms with Crippen LogP contribution in [0.25, 0.3) is 0 Å². The van der Waals surface area contributed by atoms with E-state index in [1.54, 1.807) is 0 Å². The van der Waals surface area contributed by atoms with Crippen molar-refractivity contribution in [2.24, 2.45) is 0 Å². The third-order valence-electron chi connectivity index (χ3n) is 3.98. The van der Waals surface area contributed by atoms with E-state index in [-0.39, 0.29) is 5.57 Å². The summed E-state index contributed by atoms with van der Waals surface area (Å²) in [5.41, 5.74) is 2.24. The zero-order valence-corrected chi connectivity index (χ0v) is 14.0. The first-order valence-electron chi connectivity index (χ1n) is 7.48. The van der Waals surface area contributed by atoms with Crippen molar-refractivity contribution in [2.75, 3.05) is 13.7 Å². The number of hydrogen-bond donors (Lipinski definition) is 1. The zero-order chi connectivity index (χ0) is 17.0. The molecule has 5 heteroatoms. The van der Waals surface area contributed by atoms with E-state index in [4.69, 9.17) is 4.74 Å². The monoisotopic (exact) mass is 336 g/mol. The third-order valence-corrected chi connectivity index (χ3v) is 5.50. The lowest BCUT2D eigenvalue weighted by Crippen LogP contribution is -2.28. The molecule has 2 aromatic carbocycles. The lowest BCUT2D eigenvalue weighted by molar-refractivity contribution is -0.135. The molecule has 1 aliphatic rings. The number of methoxy groups -OCH3 is 1. The van der Waals surface area contributed by atoms with Crippen molar-refractivity contribution in [2.45, 2.75) is 4.75 Å². The minimum absolute atomic E-state index is 0.0104. The predicted molar refractivity (Wildman–Crippen MR) is 93.9 cm³/mol. The number of esters is 1. The maximum Gasteiger partial charge on any atom is 0.351 e. The lowest BCUT2D eigenvalue weighted by Gasteiger charge is -2.28. The number of nitrogens with one attached hydrogen (secondary N) is 1. The summed E-state index contributed by atoms with van der Waals surface area (Å²) in [6.07, 6.45) is 0. The molecule has 0 aliphatic carbocycles. The van der Waals surface area contributed by atoms with Crippen molar-refractivity contribution in [3.63, 3.8) is 0 Å². The molecular weight excluding hydrogens is 320 g/mol. The van der Waals surface area contributed by atoms with Gasteiger partial charge in [0.15, 0.2) is 5.57 Å². The Bertz CT molecular complexity index is 771. The molecule has 1 heterocycles. The number of rotatable bonds is 3. The second-order valence-electron chi connectivity index (χ2n) is 5.32. The van der Waals surface area contributed by atoms with Crippen LogP contribution >= 0.6 is 11.8 Å². The predicted octanol–water partition coefficient (Wildman–Crippen LogP) is 3.17. The van der Waals surface area contributed by atoms with Gasteiger partial charge in [-0.15, -0.1) is 0 Å². The van der Waals surface area contributed by atoms with E-state index < -0.39 is 10.7 Å². The van der Waals surface area contributed by atoms with Gasteiger partial charge < -0.3 is 10.1 Å². The molecule has 1 fully saturated rings. The highest BCUT2D eigenvalue weighted by Crippen LogP contribution is 2.50. The molecule has 1 N–H and O–H groups in total. The van der Waals surface area contributed by atoms with Gasteiger partial charge in [-0.05, 0) is 11.1 Å². The summed E-state index contributed by atoms with van der Waals surface area (Å²) in [6.45, 7) is 0.587. The molecule has 0 saturated carbocycles. The van der Waals surface area contributed by atoms with Crippen LogP contribution < -0.4 is 5.32 Å². The normalized spacial score (nSPS) is 17.5. The van der Waals surface area contributed by atoms with E-state index in [0.29, 0.717) is 11.6 Å². The molecule has 0 bridgehead atoms. The summed E-state index contributed by atoms with van der Waals surface area (Å²) in [5, 5.41) is 13.1. The van der Waals surface area contributed by atoms with Crippen LogP contribution in [0.4, 0.5) is 0 Å². The lowest BCUT2D eigenvalue weighted by atomic mass is 9.90. The Morgan fingerprint density at radius 2 is 1.67 bits per heavy atom. The number of thioether (sulfide) groups is 1. The average molecular weight is 336 g/mol. The molecule has 0 amide bonds. The van der Waals surface area contributed by atoms with Gasteiger partial charge in [0, 0.05) is 6.54 Å². The van der Waals surface area contributed by atoms with Crippen molar-refractivity contribution in [1.82, 2.24) is 5.32 Å². The van der Waals surface area contributed by atoms with Gasteiger partial charge in [-0.2, -0.15) is 5.26 Å². The summed E-state index contributed by atoms with van der Waals surface area (Å²) < 4.78 is 4.33. The second-order valence-corrected chi connectivity index (χ2v) is 6.63. The molecule has 0 aromatic heterocycles. The molecule has 4 nitrogen and oxygen atoms in total. The first-order valence-corrected chi connectivity index (χ1v) is 8.29. The third kappa shape index (κ3) is 2.77. The molecule has 0 radical (unpaired) electrons. The van der Waals surface area contributed by atoms with Crippen LogP contribution in [0.2, 0.25) is 0 Å². The molecule has 2 aromatic rings. The fraction of sp³-hybridized carbons (Fsp3) is 0.158. The summed E-state index contributed by atoms with van der Waals surface area (Å²) >= 11 is 1.49.